The molecule has 1 heterocycles. The van der Waals surface area contributed by atoms with E-state index in [0.29, 0.717) is 21.2 Å². The molecule has 0 spiro atoms. The fraction of sp³-hybridized carbons (Fsp3) is 0.0526. The lowest BCUT2D eigenvalue weighted by atomic mass is 10.1. The minimum Gasteiger partial charge on any atom is -0.359 e. The highest BCUT2D eigenvalue weighted by Gasteiger charge is 2.23. The third-order valence-corrected chi connectivity index (χ3v) is 4.62. The number of rotatable bonds is 6. The van der Waals surface area contributed by atoms with Gasteiger partial charge in [0, 0.05) is 16.3 Å². The van der Waals surface area contributed by atoms with E-state index < -0.39 is 6.17 Å². The number of amides is 1. The quantitative estimate of drug-likeness (QED) is 0.497. The number of anilines is 1. The lowest BCUT2D eigenvalue weighted by Gasteiger charge is -2.20. The van der Waals surface area contributed by atoms with Crippen molar-refractivity contribution >= 4 is 40.3 Å². The normalized spacial score (nSPS) is 11.6. The van der Waals surface area contributed by atoms with E-state index in [1.165, 1.54) is 11.3 Å². The maximum Gasteiger partial charge on any atom is 0.263 e. The molecular formula is C19H15ClN2O2S. The summed E-state index contributed by atoms with van der Waals surface area (Å²) in [6, 6.07) is 19.3. The number of carbonyl (C=O) groups is 2. The Morgan fingerprint density at radius 1 is 0.920 bits per heavy atom. The molecule has 6 heteroatoms. The Morgan fingerprint density at radius 3 is 2.28 bits per heavy atom. The van der Waals surface area contributed by atoms with Crippen LogP contribution < -0.4 is 10.6 Å². The first-order valence-electron chi connectivity index (χ1n) is 7.59. The first-order valence-corrected chi connectivity index (χ1v) is 8.85. The van der Waals surface area contributed by atoms with Crippen LogP contribution in [0, 0.1) is 0 Å². The minimum atomic E-state index is -0.891. The van der Waals surface area contributed by atoms with Crippen molar-refractivity contribution in [1.82, 2.24) is 5.32 Å². The molecule has 2 N–H and O–H groups in total. The number of thiophene rings is 1. The molecule has 4 nitrogen and oxygen atoms in total. The van der Waals surface area contributed by atoms with Gasteiger partial charge in [-0.3, -0.25) is 9.59 Å². The largest absolute Gasteiger partial charge is 0.359 e. The Bertz CT molecular complexity index is 849. The average Bonchev–Trinajstić information content (AvgIpc) is 3.18. The second-order valence-corrected chi connectivity index (χ2v) is 6.65. The van der Waals surface area contributed by atoms with Gasteiger partial charge in [0.1, 0.15) is 0 Å². The van der Waals surface area contributed by atoms with Crippen LogP contribution in [0.1, 0.15) is 20.0 Å². The second kappa shape index (κ2) is 7.96. The van der Waals surface area contributed by atoms with Crippen molar-refractivity contribution in [3.05, 3.63) is 87.6 Å². The molecule has 3 rings (SSSR count). The van der Waals surface area contributed by atoms with E-state index in [1.807, 2.05) is 11.4 Å². The standard InChI is InChI=1S/C19H15ClN2O2S/c20-14-8-10-15(11-9-14)21-18(17(23)13-5-2-1-3-6-13)22-19(24)16-7-4-12-25-16/h1-12,18,21H,(H,22,24). The van der Waals surface area contributed by atoms with Crippen molar-refractivity contribution in [2.24, 2.45) is 0 Å². The van der Waals surface area contributed by atoms with Gasteiger partial charge in [-0.1, -0.05) is 48.0 Å². The number of halogens is 1. The SMILES string of the molecule is O=C(NC(Nc1ccc(Cl)cc1)C(=O)c1ccccc1)c1cccs1. The van der Waals surface area contributed by atoms with E-state index in [9.17, 15) is 9.59 Å². The summed E-state index contributed by atoms with van der Waals surface area (Å²) in [7, 11) is 0. The van der Waals surface area contributed by atoms with Crippen LogP contribution in [0.3, 0.4) is 0 Å². The molecule has 126 valence electrons. The van der Waals surface area contributed by atoms with Crippen molar-refractivity contribution in [3.8, 4) is 0 Å². The molecule has 2 aromatic carbocycles. The zero-order valence-corrected chi connectivity index (χ0v) is 14.7. The van der Waals surface area contributed by atoms with Gasteiger partial charge >= 0.3 is 0 Å². The third-order valence-electron chi connectivity index (χ3n) is 3.50. The molecule has 0 aliphatic heterocycles. The van der Waals surface area contributed by atoms with Crippen LogP contribution in [0.2, 0.25) is 5.02 Å². The summed E-state index contributed by atoms with van der Waals surface area (Å²) in [4.78, 5) is 25.7. The predicted octanol–water partition coefficient (Wildman–Crippen LogP) is 4.45. The van der Waals surface area contributed by atoms with E-state index in [4.69, 9.17) is 11.6 Å². The first kappa shape index (κ1) is 17.2. The number of ketones is 1. The summed E-state index contributed by atoms with van der Waals surface area (Å²) >= 11 is 7.22. The topological polar surface area (TPSA) is 58.2 Å². The molecule has 1 amide bonds. The van der Waals surface area contributed by atoms with Gasteiger partial charge in [0.2, 0.25) is 5.78 Å². The van der Waals surface area contributed by atoms with Gasteiger partial charge in [0.15, 0.2) is 6.17 Å². The Morgan fingerprint density at radius 2 is 1.64 bits per heavy atom. The van der Waals surface area contributed by atoms with Crippen molar-refractivity contribution in [3.63, 3.8) is 0 Å². The van der Waals surface area contributed by atoms with Gasteiger partial charge in [0.25, 0.3) is 5.91 Å². The Balaban J connectivity index is 1.83. The molecule has 1 aromatic heterocycles. The van der Waals surface area contributed by atoms with Crippen molar-refractivity contribution in [2.45, 2.75) is 6.17 Å². The molecule has 0 fully saturated rings. The molecule has 1 atom stereocenters. The summed E-state index contributed by atoms with van der Waals surface area (Å²) in [6.45, 7) is 0. The molecule has 0 aliphatic carbocycles. The lowest BCUT2D eigenvalue weighted by molar-refractivity contribution is 0.0872. The molecule has 3 aromatic rings. The minimum absolute atomic E-state index is 0.222. The zero-order chi connectivity index (χ0) is 17.6. The molecule has 0 saturated carbocycles. The Kier molecular flexibility index (Phi) is 5.48. The number of hydrogen-bond acceptors (Lipinski definition) is 4. The van der Waals surface area contributed by atoms with E-state index in [-0.39, 0.29) is 11.7 Å². The lowest BCUT2D eigenvalue weighted by Crippen LogP contribution is -2.46. The predicted molar refractivity (Wildman–Crippen MR) is 101 cm³/mol. The monoisotopic (exact) mass is 370 g/mol. The molecule has 0 aliphatic rings. The number of Topliss-reactive ketones (excluding diaryl/α,β-unsaturated/α-hetero) is 1. The van der Waals surface area contributed by atoms with E-state index in [0.717, 1.165) is 0 Å². The summed E-state index contributed by atoms with van der Waals surface area (Å²) in [5.74, 6) is -0.522. The molecule has 1 unspecified atom stereocenters. The van der Waals surface area contributed by atoms with Gasteiger partial charge in [-0.15, -0.1) is 11.3 Å². The summed E-state index contributed by atoms with van der Waals surface area (Å²) < 4.78 is 0. The van der Waals surface area contributed by atoms with E-state index in [1.54, 1.807) is 60.7 Å². The molecule has 0 bridgehead atoms. The average molecular weight is 371 g/mol. The van der Waals surface area contributed by atoms with Gasteiger partial charge in [-0.05, 0) is 35.7 Å². The highest BCUT2D eigenvalue weighted by molar-refractivity contribution is 7.12. The van der Waals surface area contributed by atoms with E-state index in [2.05, 4.69) is 10.6 Å². The van der Waals surface area contributed by atoms with Crippen LogP contribution in [-0.2, 0) is 0 Å². The summed E-state index contributed by atoms with van der Waals surface area (Å²) in [6.07, 6.45) is -0.891. The Labute approximate surface area is 154 Å². The molecule has 25 heavy (non-hydrogen) atoms. The molecule has 0 saturated heterocycles. The van der Waals surface area contributed by atoms with Crippen molar-refractivity contribution < 1.29 is 9.59 Å². The summed E-state index contributed by atoms with van der Waals surface area (Å²) in [5.41, 5.74) is 1.20. The number of benzene rings is 2. The van der Waals surface area contributed by atoms with Crippen LogP contribution >= 0.6 is 22.9 Å². The van der Waals surface area contributed by atoms with Crippen LogP contribution in [0.15, 0.2) is 72.1 Å². The second-order valence-electron chi connectivity index (χ2n) is 5.27. The highest BCUT2D eigenvalue weighted by Crippen LogP contribution is 2.16. The maximum atomic E-state index is 12.8. The summed E-state index contributed by atoms with van der Waals surface area (Å²) in [5, 5.41) is 8.23. The van der Waals surface area contributed by atoms with Gasteiger partial charge < -0.3 is 10.6 Å². The van der Waals surface area contributed by atoms with Crippen LogP contribution in [-0.4, -0.2) is 17.9 Å². The van der Waals surface area contributed by atoms with E-state index >= 15 is 0 Å². The van der Waals surface area contributed by atoms with Crippen LogP contribution in [0.25, 0.3) is 0 Å². The fourth-order valence-electron chi connectivity index (χ4n) is 2.26. The number of carbonyl (C=O) groups excluding carboxylic acids is 2. The smallest absolute Gasteiger partial charge is 0.263 e. The van der Waals surface area contributed by atoms with Crippen molar-refractivity contribution in [1.29, 1.82) is 0 Å². The van der Waals surface area contributed by atoms with Gasteiger partial charge in [-0.25, -0.2) is 0 Å². The maximum absolute atomic E-state index is 12.8. The Hall–Kier alpha value is -2.63. The van der Waals surface area contributed by atoms with Gasteiger partial charge in [0.05, 0.1) is 4.88 Å². The zero-order valence-electron chi connectivity index (χ0n) is 13.1. The third kappa shape index (κ3) is 4.47. The van der Waals surface area contributed by atoms with Crippen LogP contribution in [0.5, 0.6) is 0 Å². The first-order chi connectivity index (χ1) is 12.1. The highest BCUT2D eigenvalue weighted by atomic mass is 35.5. The van der Waals surface area contributed by atoms with Gasteiger partial charge in [-0.2, -0.15) is 0 Å². The fourth-order valence-corrected chi connectivity index (χ4v) is 3.01. The van der Waals surface area contributed by atoms with Crippen molar-refractivity contribution in [2.75, 3.05) is 5.32 Å². The molecular weight excluding hydrogens is 356 g/mol. The number of hydrogen-bond donors (Lipinski definition) is 2. The number of nitrogens with one attached hydrogen (secondary N) is 2. The van der Waals surface area contributed by atoms with Crippen LogP contribution in [0.4, 0.5) is 5.69 Å². The molecule has 0 radical (unpaired) electrons.